The van der Waals surface area contributed by atoms with Crippen molar-refractivity contribution in [1.82, 2.24) is 0 Å². The van der Waals surface area contributed by atoms with Crippen LogP contribution in [0.25, 0.3) is 0 Å². The van der Waals surface area contributed by atoms with E-state index in [9.17, 15) is 14.7 Å². The van der Waals surface area contributed by atoms with Crippen LogP contribution in [0.2, 0.25) is 0 Å². The third kappa shape index (κ3) is 2.47. The van der Waals surface area contributed by atoms with Gasteiger partial charge in [-0.2, -0.15) is 0 Å². The molecule has 3 nitrogen and oxygen atoms in total. The van der Waals surface area contributed by atoms with Crippen molar-refractivity contribution < 1.29 is 14.7 Å². The molecule has 4 rings (SSSR count). The van der Waals surface area contributed by atoms with Crippen molar-refractivity contribution in [3.05, 3.63) is 23.8 Å². The van der Waals surface area contributed by atoms with E-state index in [2.05, 4.69) is 56.4 Å². The van der Waals surface area contributed by atoms with Gasteiger partial charge in [0, 0.05) is 16.7 Å². The Kier molecular flexibility index (Phi) is 4.59. The van der Waals surface area contributed by atoms with E-state index < -0.39 is 6.10 Å². The van der Waals surface area contributed by atoms with Crippen LogP contribution >= 0.6 is 22.6 Å². The summed E-state index contributed by atoms with van der Waals surface area (Å²) in [6.45, 7) is 8.87. The van der Waals surface area contributed by atoms with E-state index in [1.165, 1.54) is 5.57 Å². The number of carbonyl (C=O) groups excluding carboxylic acids is 2. The number of alkyl halides is 1. The van der Waals surface area contributed by atoms with Gasteiger partial charge in [-0.3, -0.25) is 9.59 Å². The zero-order chi connectivity index (χ0) is 19.8. The average Bonchev–Trinajstić information content (AvgIpc) is 2.87. The van der Waals surface area contributed by atoms with E-state index in [4.69, 9.17) is 0 Å². The molecular formula is C23H31IO3. The summed E-state index contributed by atoms with van der Waals surface area (Å²) in [4.78, 5) is 24.9. The molecule has 1 N–H and O–H groups in total. The second kappa shape index (κ2) is 6.25. The molecule has 4 aliphatic rings. The fourth-order valence-electron chi connectivity index (χ4n) is 7.60. The first kappa shape index (κ1) is 19.8. The molecule has 4 aliphatic carbocycles. The van der Waals surface area contributed by atoms with Gasteiger partial charge in [0.05, 0.1) is 10.5 Å². The first-order valence-corrected chi connectivity index (χ1v) is 11.8. The van der Waals surface area contributed by atoms with Crippen molar-refractivity contribution in [3.8, 4) is 0 Å². The normalized spacial score (nSPS) is 51.3. The molecule has 27 heavy (non-hydrogen) atoms. The van der Waals surface area contributed by atoms with Gasteiger partial charge in [0.15, 0.2) is 5.78 Å². The molecule has 3 saturated carbocycles. The average molecular weight is 482 g/mol. The first-order chi connectivity index (χ1) is 12.6. The van der Waals surface area contributed by atoms with Gasteiger partial charge in [-0.15, -0.1) is 0 Å². The number of ketones is 2. The van der Waals surface area contributed by atoms with Gasteiger partial charge < -0.3 is 5.11 Å². The van der Waals surface area contributed by atoms with E-state index in [0.717, 1.165) is 19.3 Å². The van der Waals surface area contributed by atoms with Crippen molar-refractivity contribution >= 4 is 34.2 Å². The maximum absolute atomic E-state index is 12.9. The van der Waals surface area contributed by atoms with Gasteiger partial charge in [-0.1, -0.05) is 61.9 Å². The first-order valence-electron chi connectivity index (χ1n) is 10.3. The molecule has 0 amide bonds. The third-order valence-electron chi connectivity index (χ3n) is 9.16. The van der Waals surface area contributed by atoms with Crippen molar-refractivity contribution in [2.45, 2.75) is 59.5 Å². The Hall–Kier alpha value is -0.490. The summed E-state index contributed by atoms with van der Waals surface area (Å²) >= 11 is 2.20. The minimum Gasteiger partial charge on any atom is -0.393 e. The highest BCUT2D eigenvalue weighted by Gasteiger charge is 2.67. The molecule has 0 radical (unpaired) electrons. The summed E-state index contributed by atoms with van der Waals surface area (Å²) in [7, 11) is 0. The Morgan fingerprint density at radius 3 is 2.70 bits per heavy atom. The smallest absolute Gasteiger partial charge is 0.178 e. The summed E-state index contributed by atoms with van der Waals surface area (Å²) in [6, 6.07) is 0. The molecule has 3 fully saturated rings. The van der Waals surface area contributed by atoms with Crippen LogP contribution in [0.15, 0.2) is 23.8 Å². The molecule has 0 bridgehead atoms. The predicted octanol–water partition coefficient (Wildman–Crippen LogP) is 4.52. The number of aliphatic hydroxyl groups is 1. The zero-order valence-electron chi connectivity index (χ0n) is 16.8. The minimum absolute atomic E-state index is 0.0731. The van der Waals surface area contributed by atoms with Crippen LogP contribution < -0.4 is 0 Å². The van der Waals surface area contributed by atoms with Gasteiger partial charge in [0.25, 0.3) is 0 Å². The number of rotatable bonds is 2. The van der Waals surface area contributed by atoms with Gasteiger partial charge >= 0.3 is 0 Å². The minimum atomic E-state index is -0.436. The lowest BCUT2D eigenvalue weighted by Crippen LogP contribution is -2.59. The number of hydrogen-bond donors (Lipinski definition) is 1. The SMILES string of the molecule is C[C@H]1C[C@@H]2[C@H]([C@@H](O)C[C@@]3(C)[C@H]2CC[C@]3(C)C(=O)CI)[C@@]2(C)C=CC(=O)C=C12. The zero-order valence-corrected chi connectivity index (χ0v) is 19.0. The Bertz CT molecular complexity index is 755. The van der Waals surface area contributed by atoms with Crippen LogP contribution in [-0.4, -0.2) is 27.2 Å². The van der Waals surface area contributed by atoms with Crippen LogP contribution in [0, 0.1) is 39.9 Å². The highest BCUT2D eigenvalue weighted by Crippen LogP contribution is 2.70. The standard InChI is InChI=1S/C23H31IO3/c1-13-9-15-16-6-8-22(3,19(27)12-24)23(16,4)11-18(26)20(15)21(2)7-5-14(25)10-17(13)21/h5,7,10,13,15-16,18,20,26H,6,8-9,11-12H2,1-4H3/t13-,15-,16-,18-,20+,21-,22+,23-/m0/s1. The largest absolute Gasteiger partial charge is 0.393 e. The predicted molar refractivity (Wildman–Crippen MR) is 115 cm³/mol. The summed E-state index contributed by atoms with van der Waals surface area (Å²) in [5.41, 5.74) is 0.483. The van der Waals surface area contributed by atoms with Crippen molar-refractivity contribution in [3.63, 3.8) is 0 Å². The van der Waals surface area contributed by atoms with E-state index in [0.29, 0.717) is 34.4 Å². The van der Waals surface area contributed by atoms with E-state index >= 15 is 0 Å². The lowest BCUT2D eigenvalue weighted by atomic mass is 9.43. The molecule has 4 heteroatoms. The maximum Gasteiger partial charge on any atom is 0.178 e. The van der Waals surface area contributed by atoms with Gasteiger partial charge in [-0.05, 0) is 61.0 Å². The third-order valence-corrected chi connectivity index (χ3v) is 9.85. The van der Waals surface area contributed by atoms with Crippen molar-refractivity contribution in [2.75, 3.05) is 4.43 Å². The lowest BCUT2D eigenvalue weighted by Gasteiger charge is -2.61. The van der Waals surface area contributed by atoms with Crippen LogP contribution in [0.5, 0.6) is 0 Å². The molecule has 0 saturated heterocycles. The molecule has 0 spiro atoms. The number of halogens is 1. The fourth-order valence-corrected chi connectivity index (χ4v) is 8.44. The number of allylic oxidation sites excluding steroid dienone is 4. The number of Topliss-reactive ketones (excluding diaryl/α,β-unsaturated/α-hetero) is 1. The molecule has 0 aliphatic heterocycles. The summed E-state index contributed by atoms with van der Waals surface area (Å²) in [5, 5.41) is 11.4. The van der Waals surface area contributed by atoms with Crippen LogP contribution in [0.4, 0.5) is 0 Å². The van der Waals surface area contributed by atoms with Crippen LogP contribution in [0.3, 0.4) is 0 Å². The van der Waals surface area contributed by atoms with Crippen molar-refractivity contribution in [2.24, 2.45) is 39.9 Å². The summed E-state index contributed by atoms with van der Waals surface area (Å²) < 4.78 is 0.548. The van der Waals surface area contributed by atoms with Gasteiger partial charge in [0.2, 0.25) is 0 Å². The summed E-state index contributed by atoms with van der Waals surface area (Å²) in [6.07, 6.45) is 8.86. The summed E-state index contributed by atoms with van der Waals surface area (Å²) in [5.74, 6) is 1.76. The lowest BCUT2D eigenvalue weighted by molar-refractivity contribution is -0.153. The van der Waals surface area contributed by atoms with Crippen molar-refractivity contribution in [1.29, 1.82) is 0 Å². The van der Waals surface area contributed by atoms with Crippen LogP contribution in [-0.2, 0) is 9.59 Å². The molecule has 0 aromatic carbocycles. The molecule has 0 heterocycles. The van der Waals surface area contributed by atoms with Gasteiger partial charge in [-0.25, -0.2) is 0 Å². The van der Waals surface area contributed by atoms with E-state index in [1.807, 2.05) is 6.08 Å². The second-order valence-electron chi connectivity index (χ2n) is 10.2. The Morgan fingerprint density at radius 2 is 2.04 bits per heavy atom. The topological polar surface area (TPSA) is 54.4 Å². The molecule has 148 valence electrons. The molecule has 0 aromatic heterocycles. The Balaban J connectivity index is 1.78. The Morgan fingerprint density at radius 1 is 1.33 bits per heavy atom. The molecule has 8 atom stereocenters. The number of carbonyl (C=O) groups is 2. The maximum atomic E-state index is 12.9. The fraction of sp³-hybridized carbons (Fsp3) is 0.739. The monoisotopic (exact) mass is 482 g/mol. The Labute approximate surface area is 176 Å². The molecular weight excluding hydrogens is 451 g/mol. The number of hydrogen-bond acceptors (Lipinski definition) is 3. The molecule has 0 unspecified atom stereocenters. The van der Waals surface area contributed by atoms with E-state index in [1.54, 1.807) is 6.08 Å². The van der Waals surface area contributed by atoms with Gasteiger partial charge in [0.1, 0.15) is 5.78 Å². The number of aliphatic hydroxyl groups excluding tert-OH is 1. The molecule has 0 aromatic rings. The highest BCUT2D eigenvalue weighted by atomic mass is 127. The van der Waals surface area contributed by atoms with E-state index in [-0.39, 0.29) is 27.9 Å². The number of fused-ring (bicyclic) bond motifs is 5. The highest BCUT2D eigenvalue weighted by molar-refractivity contribution is 14.1. The van der Waals surface area contributed by atoms with Crippen LogP contribution in [0.1, 0.15) is 53.4 Å². The quantitative estimate of drug-likeness (QED) is 0.465. The second-order valence-corrected chi connectivity index (χ2v) is 10.9.